The summed E-state index contributed by atoms with van der Waals surface area (Å²) in [7, 11) is 0. The standard InChI is InChI=1S/C56H41BN2O2S/c1-55(2,3)30-19-21-42-36(23-30)39-24-31(56(4,5)6)25-40-52-51-35-15-9-12-18-49(35)62-50(51)29-44-53(52)57(59(42)54(39)40)41-28-48-38(34-14-8-11-17-46(34)61-48)27-43(41)58(44)32-20-22-47-37(26-32)33-13-7-10-16-45(33)60-47/h7-29H,1-6H3. The maximum absolute atomic E-state index is 6.78. The molecule has 0 N–H and O–H groups in total. The Bertz CT molecular complexity index is 3980. The average Bonchev–Trinajstić information content (AvgIpc) is 4.02. The van der Waals surface area contributed by atoms with Crippen LogP contribution in [0.15, 0.2) is 148 Å². The first kappa shape index (κ1) is 34.9. The highest BCUT2D eigenvalue weighted by atomic mass is 32.1. The van der Waals surface area contributed by atoms with E-state index in [9.17, 15) is 0 Å². The summed E-state index contributed by atoms with van der Waals surface area (Å²) in [6, 6.07) is 52.2. The summed E-state index contributed by atoms with van der Waals surface area (Å²) in [6.07, 6.45) is 0. The van der Waals surface area contributed by atoms with Gasteiger partial charge in [-0.15, -0.1) is 11.3 Å². The minimum Gasteiger partial charge on any atom is -0.456 e. The molecule has 296 valence electrons. The van der Waals surface area contributed by atoms with Crippen molar-refractivity contribution in [2.24, 2.45) is 0 Å². The first-order valence-electron chi connectivity index (χ1n) is 21.8. The minimum absolute atomic E-state index is 0.00258. The number of fused-ring (bicyclic) bond motifs is 17. The van der Waals surface area contributed by atoms with Crippen LogP contribution in [0, 0.1) is 0 Å². The number of hydrogen-bond acceptors (Lipinski definition) is 4. The molecule has 0 amide bonds. The quantitative estimate of drug-likeness (QED) is 0.155. The molecule has 2 aliphatic heterocycles. The fraction of sp³-hybridized carbons (Fsp3) is 0.143. The van der Waals surface area contributed by atoms with Gasteiger partial charge in [-0.3, -0.25) is 0 Å². The van der Waals surface area contributed by atoms with Crippen LogP contribution in [0.5, 0.6) is 0 Å². The van der Waals surface area contributed by atoms with Gasteiger partial charge in [-0.1, -0.05) is 102 Å². The molecule has 4 nitrogen and oxygen atoms in total. The molecule has 0 saturated carbocycles. The number of anilines is 3. The third kappa shape index (κ3) is 4.47. The topological polar surface area (TPSA) is 34.5 Å². The second-order valence-electron chi connectivity index (χ2n) is 19.7. The van der Waals surface area contributed by atoms with Crippen molar-refractivity contribution in [1.29, 1.82) is 0 Å². The van der Waals surface area contributed by atoms with Gasteiger partial charge in [0.2, 0.25) is 0 Å². The fourth-order valence-corrected chi connectivity index (χ4v) is 12.2. The van der Waals surface area contributed by atoms with Gasteiger partial charge in [0, 0.05) is 86.1 Å². The van der Waals surface area contributed by atoms with Crippen molar-refractivity contribution in [2.75, 3.05) is 4.90 Å². The SMILES string of the molecule is CC(C)(C)c1ccc2c(c1)c1cc(C(C)(C)C)cc3c1n2B1c2cc4oc5ccccc5c4cc2N(c2ccc4oc5ccccc5c4c2)c2cc4sc5ccccc5c4c-3c21. The van der Waals surface area contributed by atoms with Crippen LogP contribution in [-0.2, 0) is 10.8 Å². The lowest BCUT2D eigenvalue weighted by Crippen LogP contribution is -2.56. The third-order valence-electron chi connectivity index (χ3n) is 14.0. The zero-order valence-corrected chi connectivity index (χ0v) is 36.3. The molecule has 2 aliphatic rings. The van der Waals surface area contributed by atoms with Crippen LogP contribution >= 0.6 is 11.3 Å². The molecule has 0 fully saturated rings. The summed E-state index contributed by atoms with van der Waals surface area (Å²) in [5, 5.41) is 9.77. The van der Waals surface area contributed by atoms with E-state index in [0.29, 0.717) is 0 Å². The average molecular weight is 817 g/mol. The maximum Gasteiger partial charge on any atom is 0.333 e. The molecule has 12 aromatic rings. The predicted molar refractivity (Wildman–Crippen MR) is 265 cm³/mol. The molecule has 6 heteroatoms. The molecule has 8 aromatic carbocycles. The maximum atomic E-state index is 6.78. The lowest BCUT2D eigenvalue weighted by atomic mass is 9.44. The van der Waals surface area contributed by atoms with Gasteiger partial charge in [0.25, 0.3) is 0 Å². The van der Waals surface area contributed by atoms with E-state index in [1.165, 1.54) is 80.8 Å². The highest BCUT2D eigenvalue weighted by Crippen LogP contribution is 2.52. The number of aromatic nitrogens is 1. The van der Waals surface area contributed by atoms with E-state index in [4.69, 9.17) is 8.83 Å². The van der Waals surface area contributed by atoms with Crippen molar-refractivity contribution in [3.05, 3.63) is 151 Å². The van der Waals surface area contributed by atoms with Crippen molar-refractivity contribution in [2.45, 2.75) is 52.4 Å². The molecule has 0 unspecified atom stereocenters. The monoisotopic (exact) mass is 816 g/mol. The van der Waals surface area contributed by atoms with E-state index in [2.05, 4.69) is 184 Å². The molecule has 62 heavy (non-hydrogen) atoms. The number of nitrogens with zero attached hydrogens (tertiary/aromatic N) is 2. The van der Waals surface area contributed by atoms with E-state index in [-0.39, 0.29) is 17.7 Å². The predicted octanol–water partition coefficient (Wildman–Crippen LogP) is 15.0. The van der Waals surface area contributed by atoms with Crippen molar-refractivity contribution in [3.8, 4) is 11.1 Å². The first-order chi connectivity index (χ1) is 30.0. The van der Waals surface area contributed by atoms with Crippen LogP contribution in [0.3, 0.4) is 0 Å². The van der Waals surface area contributed by atoms with Crippen molar-refractivity contribution in [1.82, 2.24) is 4.48 Å². The normalized spacial score (nSPS) is 13.9. The molecule has 0 bridgehead atoms. The second kappa shape index (κ2) is 11.6. The third-order valence-corrected chi connectivity index (χ3v) is 15.2. The zero-order valence-electron chi connectivity index (χ0n) is 35.5. The number of thiophene rings is 1. The van der Waals surface area contributed by atoms with Gasteiger partial charge in [0.05, 0.1) is 0 Å². The summed E-state index contributed by atoms with van der Waals surface area (Å²) in [6.45, 7) is 13.9. The van der Waals surface area contributed by atoms with Gasteiger partial charge in [0.1, 0.15) is 22.3 Å². The Morgan fingerprint density at radius 3 is 1.92 bits per heavy atom. The Labute approximate surface area is 362 Å². The van der Waals surface area contributed by atoms with Crippen LogP contribution in [0.1, 0.15) is 52.7 Å². The Kier molecular flexibility index (Phi) is 6.52. The Morgan fingerprint density at radius 1 is 0.500 bits per heavy atom. The van der Waals surface area contributed by atoms with E-state index in [1.54, 1.807) is 0 Å². The number of benzene rings is 8. The lowest BCUT2D eigenvalue weighted by molar-refractivity contribution is 0.590. The number of furan rings is 2. The highest BCUT2D eigenvalue weighted by molar-refractivity contribution is 7.26. The summed E-state index contributed by atoms with van der Waals surface area (Å²) >= 11 is 1.91. The van der Waals surface area contributed by atoms with Crippen molar-refractivity contribution in [3.63, 3.8) is 0 Å². The van der Waals surface area contributed by atoms with Crippen LogP contribution in [0.25, 0.3) is 97.0 Å². The summed E-state index contributed by atoms with van der Waals surface area (Å²) in [4.78, 5) is 2.55. The Balaban J connectivity index is 1.21. The van der Waals surface area contributed by atoms with Crippen LogP contribution in [-0.4, -0.2) is 11.3 Å². The minimum atomic E-state index is -0.126. The number of hydrogen-bond donors (Lipinski definition) is 0. The molecule has 6 heterocycles. The van der Waals surface area contributed by atoms with Crippen molar-refractivity contribution >= 4 is 132 Å². The van der Waals surface area contributed by atoms with Crippen LogP contribution in [0.2, 0.25) is 0 Å². The molecular weight excluding hydrogens is 776 g/mol. The number of rotatable bonds is 1. The first-order valence-corrected chi connectivity index (χ1v) is 22.6. The van der Waals surface area contributed by atoms with Gasteiger partial charge < -0.3 is 18.2 Å². The smallest absolute Gasteiger partial charge is 0.333 e. The van der Waals surface area contributed by atoms with Gasteiger partial charge in [0.15, 0.2) is 0 Å². The Hall–Kier alpha value is -6.76. The summed E-state index contributed by atoms with van der Waals surface area (Å²) in [5.41, 5.74) is 17.5. The largest absolute Gasteiger partial charge is 0.456 e. The molecular formula is C56H41BN2O2S. The van der Waals surface area contributed by atoms with Gasteiger partial charge in [-0.05, 0) is 117 Å². The summed E-state index contributed by atoms with van der Waals surface area (Å²) in [5.74, 6) is 0. The molecule has 14 rings (SSSR count). The molecule has 0 spiro atoms. The fourth-order valence-electron chi connectivity index (χ4n) is 11.0. The lowest BCUT2D eigenvalue weighted by Gasteiger charge is -2.41. The van der Waals surface area contributed by atoms with E-state index in [0.717, 1.165) is 55.3 Å². The summed E-state index contributed by atoms with van der Waals surface area (Å²) < 4.78 is 18.5. The molecule has 0 saturated heterocycles. The highest BCUT2D eigenvalue weighted by Gasteiger charge is 2.45. The molecule has 0 aliphatic carbocycles. The van der Waals surface area contributed by atoms with Gasteiger partial charge in [-0.25, -0.2) is 0 Å². The Morgan fingerprint density at radius 2 is 1.16 bits per heavy atom. The second-order valence-corrected chi connectivity index (χ2v) is 20.8. The van der Waals surface area contributed by atoms with Crippen LogP contribution < -0.4 is 15.8 Å². The van der Waals surface area contributed by atoms with E-state index in [1.807, 2.05) is 17.4 Å². The molecule has 4 aromatic heterocycles. The zero-order chi connectivity index (χ0) is 41.6. The van der Waals surface area contributed by atoms with Crippen molar-refractivity contribution < 1.29 is 8.83 Å². The van der Waals surface area contributed by atoms with Crippen LogP contribution in [0.4, 0.5) is 17.1 Å². The molecule has 0 radical (unpaired) electrons. The molecule has 0 atom stereocenters. The van der Waals surface area contributed by atoms with Gasteiger partial charge >= 0.3 is 6.85 Å². The van der Waals surface area contributed by atoms with E-state index >= 15 is 0 Å². The van der Waals surface area contributed by atoms with E-state index < -0.39 is 0 Å². The van der Waals surface area contributed by atoms with Gasteiger partial charge in [-0.2, -0.15) is 0 Å². The number of para-hydroxylation sites is 2.